The van der Waals surface area contributed by atoms with Gasteiger partial charge in [-0.25, -0.2) is 4.68 Å². The standard InChI is InChI=1S/C25H30N6O3/c1-4-30(17-18-9-7-6-8-10-18)23(24-27-28-29-31(24)13-14-33-3)21-16-19-15-20(34-5-2)11-12-22(19)26-25(21)32/h6-12,15-16,23H,4-5,13-14,17H2,1-3H3,(H,26,32)/t23-/m1/s1. The predicted molar refractivity (Wildman–Crippen MR) is 130 cm³/mol. The van der Waals surface area contributed by atoms with Crippen LogP contribution in [0.15, 0.2) is 59.4 Å². The molecule has 0 aliphatic heterocycles. The molecule has 2 heterocycles. The van der Waals surface area contributed by atoms with E-state index in [4.69, 9.17) is 9.47 Å². The summed E-state index contributed by atoms with van der Waals surface area (Å²) < 4.78 is 12.6. The van der Waals surface area contributed by atoms with Gasteiger partial charge in [-0.3, -0.25) is 9.69 Å². The van der Waals surface area contributed by atoms with Crippen molar-refractivity contribution in [1.82, 2.24) is 30.1 Å². The third-order valence-electron chi connectivity index (χ3n) is 5.76. The van der Waals surface area contributed by atoms with Crippen molar-refractivity contribution in [3.8, 4) is 5.75 Å². The maximum absolute atomic E-state index is 13.4. The number of hydrogen-bond donors (Lipinski definition) is 1. The van der Waals surface area contributed by atoms with Gasteiger partial charge in [0.05, 0.1) is 19.8 Å². The van der Waals surface area contributed by atoms with E-state index >= 15 is 0 Å². The quantitative estimate of drug-likeness (QED) is 0.366. The van der Waals surface area contributed by atoms with Gasteiger partial charge in [-0.2, -0.15) is 0 Å². The van der Waals surface area contributed by atoms with E-state index in [-0.39, 0.29) is 5.56 Å². The number of H-pyrrole nitrogens is 1. The molecule has 178 valence electrons. The lowest BCUT2D eigenvalue weighted by Gasteiger charge is -2.30. The molecule has 34 heavy (non-hydrogen) atoms. The summed E-state index contributed by atoms with van der Waals surface area (Å²) in [5, 5.41) is 13.3. The Labute approximate surface area is 198 Å². The SMILES string of the molecule is CCOc1ccc2[nH]c(=O)c([C@H](c3nnnn3CCOC)N(CC)Cc3ccccc3)cc2c1. The van der Waals surface area contributed by atoms with E-state index < -0.39 is 6.04 Å². The molecule has 9 nitrogen and oxygen atoms in total. The fourth-order valence-electron chi connectivity index (χ4n) is 4.11. The van der Waals surface area contributed by atoms with Crippen molar-refractivity contribution in [3.05, 3.63) is 81.9 Å². The Morgan fingerprint density at radius 2 is 1.94 bits per heavy atom. The zero-order chi connectivity index (χ0) is 23.9. The number of pyridine rings is 1. The zero-order valence-electron chi connectivity index (χ0n) is 19.8. The number of aromatic amines is 1. The zero-order valence-corrected chi connectivity index (χ0v) is 19.8. The predicted octanol–water partition coefficient (Wildman–Crippen LogP) is 3.17. The first kappa shape index (κ1) is 23.6. The molecule has 4 rings (SSSR count). The normalized spacial score (nSPS) is 12.4. The van der Waals surface area contributed by atoms with Crippen LogP contribution in [0.2, 0.25) is 0 Å². The second-order valence-electron chi connectivity index (χ2n) is 7.94. The molecule has 0 radical (unpaired) electrons. The Kier molecular flexibility index (Phi) is 7.66. The third kappa shape index (κ3) is 5.16. The minimum atomic E-state index is -0.457. The number of ether oxygens (including phenoxy) is 2. The van der Waals surface area contributed by atoms with Gasteiger partial charge < -0.3 is 14.5 Å². The second kappa shape index (κ2) is 11.0. The molecule has 0 bridgehead atoms. The number of benzene rings is 2. The van der Waals surface area contributed by atoms with E-state index in [1.807, 2.05) is 49.4 Å². The molecule has 0 saturated carbocycles. The molecule has 9 heteroatoms. The van der Waals surface area contributed by atoms with E-state index in [0.29, 0.717) is 44.2 Å². The molecule has 1 N–H and O–H groups in total. The van der Waals surface area contributed by atoms with Crippen LogP contribution in [0.4, 0.5) is 0 Å². The Morgan fingerprint density at radius 3 is 2.68 bits per heavy atom. The Bertz CT molecular complexity index is 1270. The fourth-order valence-corrected chi connectivity index (χ4v) is 4.11. The van der Waals surface area contributed by atoms with Crippen molar-refractivity contribution in [3.63, 3.8) is 0 Å². The van der Waals surface area contributed by atoms with E-state index in [2.05, 4.69) is 44.5 Å². The molecule has 0 fully saturated rings. The highest BCUT2D eigenvalue weighted by atomic mass is 16.5. The maximum Gasteiger partial charge on any atom is 0.253 e. The number of fused-ring (bicyclic) bond motifs is 1. The lowest BCUT2D eigenvalue weighted by Crippen LogP contribution is -2.35. The highest BCUT2D eigenvalue weighted by Crippen LogP contribution is 2.29. The van der Waals surface area contributed by atoms with Gasteiger partial charge in [0.15, 0.2) is 5.82 Å². The summed E-state index contributed by atoms with van der Waals surface area (Å²) in [6, 6.07) is 17.3. The minimum Gasteiger partial charge on any atom is -0.494 e. The average Bonchev–Trinajstić information content (AvgIpc) is 3.31. The van der Waals surface area contributed by atoms with Crippen LogP contribution >= 0.6 is 0 Å². The second-order valence-corrected chi connectivity index (χ2v) is 7.94. The van der Waals surface area contributed by atoms with E-state index in [0.717, 1.165) is 22.2 Å². The molecule has 0 spiro atoms. The lowest BCUT2D eigenvalue weighted by atomic mass is 10.0. The van der Waals surface area contributed by atoms with Crippen molar-refractivity contribution in [2.24, 2.45) is 0 Å². The van der Waals surface area contributed by atoms with Crippen LogP contribution in [0.1, 0.15) is 36.8 Å². The maximum atomic E-state index is 13.4. The van der Waals surface area contributed by atoms with Crippen LogP contribution in [0.5, 0.6) is 5.75 Å². The van der Waals surface area contributed by atoms with Crippen molar-refractivity contribution in [2.75, 3.05) is 26.9 Å². The highest BCUT2D eigenvalue weighted by molar-refractivity contribution is 5.80. The van der Waals surface area contributed by atoms with Crippen LogP contribution in [0, 0.1) is 0 Å². The van der Waals surface area contributed by atoms with Crippen molar-refractivity contribution in [2.45, 2.75) is 33.0 Å². The van der Waals surface area contributed by atoms with Crippen LogP contribution in [-0.4, -0.2) is 57.0 Å². The van der Waals surface area contributed by atoms with Gasteiger partial charge >= 0.3 is 0 Å². The molecule has 0 amide bonds. The number of methoxy groups -OCH3 is 1. The van der Waals surface area contributed by atoms with Crippen molar-refractivity contribution < 1.29 is 9.47 Å². The van der Waals surface area contributed by atoms with Crippen LogP contribution in [-0.2, 0) is 17.8 Å². The molecule has 2 aromatic heterocycles. The Hall–Kier alpha value is -3.56. The van der Waals surface area contributed by atoms with Crippen molar-refractivity contribution in [1.29, 1.82) is 0 Å². The van der Waals surface area contributed by atoms with Gasteiger partial charge in [0.2, 0.25) is 0 Å². The average molecular weight is 463 g/mol. The molecule has 0 saturated heterocycles. The van der Waals surface area contributed by atoms with Crippen molar-refractivity contribution >= 4 is 10.9 Å². The van der Waals surface area contributed by atoms with Gasteiger partial charge in [-0.15, -0.1) is 5.10 Å². The summed E-state index contributed by atoms with van der Waals surface area (Å²) >= 11 is 0. The van der Waals surface area contributed by atoms with Gasteiger partial charge in [-0.1, -0.05) is 37.3 Å². The molecular formula is C25H30N6O3. The van der Waals surface area contributed by atoms with Gasteiger partial charge in [0, 0.05) is 30.1 Å². The van der Waals surface area contributed by atoms with E-state index in [9.17, 15) is 4.79 Å². The van der Waals surface area contributed by atoms with Crippen LogP contribution < -0.4 is 10.3 Å². The summed E-state index contributed by atoms with van der Waals surface area (Å²) in [7, 11) is 1.64. The Morgan fingerprint density at radius 1 is 1.12 bits per heavy atom. The smallest absolute Gasteiger partial charge is 0.253 e. The fraction of sp³-hybridized carbons (Fsp3) is 0.360. The van der Waals surface area contributed by atoms with Gasteiger partial charge in [-0.05, 0) is 53.7 Å². The molecular weight excluding hydrogens is 432 g/mol. The molecule has 4 aromatic rings. The number of tetrazole rings is 1. The Balaban J connectivity index is 1.85. The topological polar surface area (TPSA) is 98.2 Å². The summed E-state index contributed by atoms with van der Waals surface area (Å²) in [5.74, 6) is 1.35. The monoisotopic (exact) mass is 462 g/mol. The van der Waals surface area contributed by atoms with Gasteiger partial charge in [0.25, 0.3) is 5.56 Å². The van der Waals surface area contributed by atoms with Gasteiger partial charge in [0.1, 0.15) is 11.8 Å². The molecule has 0 unspecified atom stereocenters. The third-order valence-corrected chi connectivity index (χ3v) is 5.76. The summed E-state index contributed by atoms with van der Waals surface area (Å²) in [5.41, 5.74) is 2.30. The summed E-state index contributed by atoms with van der Waals surface area (Å²) in [6.45, 7) is 6.85. The summed E-state index contributed by atoms with van der Waals surface area (Å²) in [4.78, 5) is 18.6. The summed E-state index contributed by atoms with van der Waals surface area (Å²) in [6.07, 6.45) is 0. The largest absolute Gasteiger partial charge is 0.494 e. The molecule has 0 aliphatic rings. The molecule has 1 atom stereocenters. The van der Waals surface area contributed by atoms with E-state index in [1.165, 1.54) is 0 Å². The van der Waals surface area contributed by atoms with Crippen LogP contribution in [0.3, 0.4) is 0 Å². The molecule has 0 aliphatic carbocycles. The highest BCUT2D eigenvalue weighted by Gasteiger charge is 2.30. The minimum absolute atomic E-state index is 0.172. The number of nitrogens with one attached hydrogen (secondary N) is 1. The number of hydrogen-bond acceptors (Lipinski definition) is 7. The van der Waals surface area contributed by atoms with E-state index in [1.54, 1.807) is 11.8 Å². The van der Waals surface area contributed by atoms with Crippen LogP contribution in [0.25, 0.3) is 10.9 Å². The lowest BCUT2D eigenvalue weighted by molar-refractivity contribution is 0.174. The first-order valence-corrected chi connectivity index (χ1v) is 11.5. The number of nitrogens with zero attached hydrogens (tertiary/aromatic N) is 5. The molecule has 2 aromatic carbocycles. The first-order valence-electron chi connectivity index (χ1n) is 11.5. The number of rotatable bonds is 11. The first-order chi connectivity index (χ1) is 16.6. The number of aromatic nitrogens is 5.